The van der Waals surface area contributed by atoms with E-state index in [9.17, 15) is 4.79 Å². The molecule has 0 bridgehead atoms. The first-order chi connectivity index (χ1) is 11.4. The van der Waals surface area contributed by atoms with Crippen LogP contribution in [0, 0.1) is 6.92 Å². The Labute approximate surface area is 154 Å². The summed E-state index contributed by atoms with van der Waals surface area (Å²) in [6, 6.07) is 13.9. The second-order valence-electron chi connectivity index (χ2n) is 6.26. The fourth-order valence-electron chi connectivity index (χ4n) is 2.44. The van der Waals surface area contributed by atoms with Gasteiger partial charge in [0.2, 0.25) is 5.91 Å². The number of hydrogen-bond donors (Lipinski definition) is 1. The number of aryl methyl sites for hydroxylation is 1. The molecule has 0 fully saturated rings. The van der Waals surface area contributed by atoms with Crippen molar-refractivity contribution in [2.75, 3.05) is 5.32 Å². The predicted molar refractivity (Wildman–Crippen MR) is 106 cm³/mol. The average molecular weight is 362 g/mol. The molecular weight excluding hydrogens is 338 g/mol. The zero-order valence-electron chi connectivity index (χ0n) is 14.6. The number of benzene rings is 2. The van der Waals surface area contributed by atoms with Gasteiger partial charge in [-0.05, 0) is 48.6 Å². The molecule has 0 saturated carbocycles. The van der Waals surface area contributed by atoms with E-state index in [1.54, 1.807) is 11.8 Å². The van der Waals surface area contributed by atoms with Gasteiger partial charge in [0.1, 0.15) is 0 Å². The summed E-state index contributed by atoms with van der Waals surface area (Å²) in [7, 11) is 0. The van der Waals surface area contributed by atoms with Crippen molar-refractivity contribution in [1.29, 1.82) is 0 Å². The Morgan fingerprint density at radius 1 is 1.12 bits per heavy atom. The lowest BCUT2D eigenvalue weighted by Gasteiger charge is -2.18. The first-order valence-corrected chi connectivity index (χ1v) is 9.57. The predicted octanol–water partition coefficient (Wildman–Crippen LogP) is 6.03. The zero-order chi connectivity index (χ0) is 17.7. The third-order valence-electron chi connectivity index (χ3n) is 3.96. The first kappa shape index (κ1) is 18.9. The standard InChI is InChI=1S/C20H24ClNOS/c1-13(2)18-7-5-6-14(3)19(18)22-20(23)15(4)24-12-16-8-10-17(21)11-9-16/h5-11,13,15H,12H2,1-4H3,(H,22,23). The number of hydrogen-bond acceptors (Lipinski definition) is 2. The summed E-state index contributed by atoms with van der Waals surface area (Å²) >= 11 is 7.53. The van der Waals surface area contributed by atoms with Gasteiger partial charge in [0.25, 0.3) is 0 Å². The van der Waals surface area contributed by atoms with Crippen LogP contribution in [0.2, 0.25) is 5.02 Å². The van der Waals surface area contributed by atoms with Crippen molar-refractivity contribution in [3.63, 3.8) is 0 Å². The van der Waals surface area contributed by atoms with Gasteiger partial charge in [0, 0.05) is 16.5 Å². The number of thioether (sulfide) groups is 1. The average Bonchev–Trinajstić information content (AvgIpc) is 2.55. The maximum atomic E-state index is 12.6. The normalized spacial score (nSPS) is 12.2. The van der Waals surface area contributed by atoms with Crippen molar-refractivity contribution in [3.8, 4) is 0 Å². The molecule has 0 spiro atoms. The van der Waals surface area contributed by atoms with Gasteiger partial charge in [-0.3, -0.25) is 4.79 Å². The van der Waals surface area contributed by atoms with Crippen molar-refractivity contribution in [3.05, 3.63) is 64.2 Å². The van der Waals surface area contributed by atoms with Crippen LogP contribution in [0.15, 0.2) is 42.5 Å². The van der Waals surface area contributed by atoms with Crippen LogP contribution < -0.4 is 5.32 Å². The molecule has 0 heterocycles. The molecule has 0 aromatic heterocycles. The molecule has 1 N–H and O–H groups in total. The van der Waals surface area contributed by atoms with E-state index >= 15 is 0 Å². The smallest absolute Gasteiger partial charge is 0.237 e. The minimum Gasteiger partial charge on any atom is -0.325 e. The van der Waals surface area contributed by atoms with E-state index in [-0.39, 0.29) is 11.2 Å². The van der Waals surface area contributed by atoms with Crippen molar-refractivity contribution < 1.29 is 4.79 Å². The molecule has 0 saturated heterocycles. The largest absolute Gasteiger partial charge is 0.325 e. The number of amides is 1. The fourth-order valence-corrected chi connectivity index (χ4v) is 3.42. The Morgan fingerprint density at radius 3 is 2.42 bits per heavy atom. The van der Waals surface area contributed by atoms with Gasteiger partial charge >= 0.3 is 0 Å². The quantitative estimate of drug-likeness (QED) is 0.680. The van der Waals surface area contributed by atoms with E-state index in [4.69, 9.17) is 11.6 Å². The van der Waals surface area contributed by atoms with Gasteiger partial charge in [-0.25, -0.2) is 0 Å². The lowest BCUT2D eigenvalue weighted by Crippen LogP contribution is -2.24. The first-order valence-electron chi connectivity index (χ1n) is 8.15. The number of halogens is 1. The van der Waals surface area contributed by atoms with Gasteiger partial charge in [-0.15, -0.1) is 11.8 Å². The molecule has 1 atom stereocenters. The summed E-state index contributed by atoms with van der Waals surface area (Å²) < 4.78 is 0. The van der Waals surface area contributed by atoms with Crippen molar-refractivity contribution in [2.45, 2.75) is 44.6 Å². The SMILES string of the molecule is Cc1cccc(C(C)C)c1NC(=O)C(C)SCc1ccc(Cl)cc1. The molecular formula is C20H24ClNOS. The Hall–Kier alpha value is -1.45. The summed E-state index contributed by atoms with van der Waals surface area (Å²) in [4.78, 5) is 12.6. The number of carbonyl (C=O) groups excluding carboxylic acids is 1. The summed E-state index contributed by atoms with van der Waals surface area (Å²) in [6.45, 7) is 8.27. The van der Waals surface area contributed by atoms with E-state index in [2.05, 4.69) is 25.2 Å². The molecule has 1 unspecified atom stereocenters. The summed E-state index contributed by atoms with van der Waals surface area (Å²) in [5.74, 6) is 1.21. The second-order valence-corrected chi connectivity index (χ2v) is 8.03. The van der Waals surface area contributed by atoms with Crippen LogP contribution in [0.25, 0.3) is 0 Å². The third kappa shape index (κ3) is 5.02. The van der Waals surface area contributed by atoms with E-state index in [1.807, 2.05) is 50.2 Å². The highest BCUT2D eigenvalue weighted by Gasteiger charge is 2.17. The van der Waals surface area contributed by atoms with Crippen LogP contribution in [-0.4, -0.2) is 11.2 Å². The molecule has 2 rings (SSSR count). The highest BCUT2D eigenvalue weighted by molar-refractivity contribution is 7.99. The summed E-state index contributed by atoms with van der Waals surface area (Å²) in [5, 5.41) is 3.73. The maximum Gasteiger partial charge on any atom is 0.237 e. The van der Waals surface area contributed by atoms with Crippen LogP contribution in [0.4, 0.5) is 5.69 Å². The van der Waals surface area contributed by atoms with E-state index in [1.165, 1.54) is 11.1 Å². The molecule has 128 valence electrons. The highest BCUT2D eigenvalue weighted by atomic mass is 35.5. The molecule has 0 aliphatic rings. The minimum absolute atomic E-state index is 0.0464. The fraction of sp³-hybridized carbons (Fsp3) is 0.350. The number of rotatable bonds is 6. The van der Waals surface area contributed by atoms with Crippen LogP contribution in [0.1, 0.15) is 43.4 Å². The number of anilines is 1. The Bertz CT molecular complexity index is 697. The molecule has 2 aromatic rings. The monoisotopic (exact) mass is 361 g/mol. The van der Waals surface area contributed by atoms with Crippen LogP contribution in [-0.2, 0) is 10.5 Å². The van der Waals surface area contributed by atoms with Crippen LogP contribution in [0.5, 0.6) is 0 Å². The number of nitrogens with one attached hydrogen (secondary N) is 1. The summed E-state index contributed by atoms with van der Waals surface area (Å²) in [6.07, 6.45) is 0. The van der Waals surface area contributed by atoms with Crippen molar-refractivity contribution in [2.24, 2.45) is 0 Å². The molecule has 0 aliphatic carbocycles. The van der Waals surface area contributed by atoms with Crippen LogP contribution >= 0.6 is 23.4 Å². The topological polar surface area (TPSA) is 29.1 Å². The van der Waals surface area contributed by atoms with Gasteiger partial charge in [-0.1, -0.05) is 55.8 Å². The van der Waals surface area contributed by atoms with Gasteiger partial charge in [-0.2, -0.15) is 0 Å². The number of carbonyl (C=O) groups is 1. The van der Waals surface area contributed by atoms with Crippen LogP contribution in [0.3, 0.4) is 0 Å². The molecule has 0 radical (unpaired) electrons. The molecule has 2 aromatic carbocycles. The summed E-state index contributed by atoms with van der Waals surface area (Å²) in [5.41, 5.74) is 4.40. The second kappa shape index (κ2) is 8.59. The molecule has 4 heteroatoms. The lowest BCUT2D eigenvalue weighted by molar-refractivity contribution is -0.115. The minimum atomic E-state index is -0.125. The van der Waals surface area contributed by atoms with Gasteiger partial charge in [0.15, 0.2) is 0 Å². The van der Waals surface area contributed by atoms with Crippen molar-refractivity contribution >= 4 is 35.0 Å². The van der Waals surface area contributed by atoms with Crippen molar-refractivity contribution in [1.82, 2.24) is 0 Å². The Kier molecular flexibility index (Phi) is 6.76. The maximum absolute atomic E-state index is 12.6. The molecule has 1 amide bonds. The van der Waals surface area contributed by atoms with E-state index in [0.29, 0.717) is 5.92 Å². The van der Waals surface area contributed by atoms with E-state index < -0.39 is 0 Å². The Balaban J connectivity index is 2.00. The molecule has 2 nitrogen and oxygen atoms in total. The third-order valence-corrected chi connectivity index (χ3v) is 5.42. The van der Waals surface area contributed by atoms with Gasteiger partial charge < -0.3 is 5.32 Å². The highest BCUT2D eigenvalue weighted by Crippen LogP contribution is 2.28. The molecule has 24 heavy (non-hydrogen) atoms. The number of para-hydroxylation sites is 1. The van der Waals surface area contributed by atoms with Gasteiger partial charge in [0.05, 0.1) is 5.25 Å². The zero-order valence-corrected chi connectivity index (χ0v) is 16.2. The van der Waals surface area contributed by atoms with E-state index in [0.717, 1.165) is 22.0 Å². The Morgan fingerprint density at radius 2 is 1.79 bits per heavy atom. The lowest BCUT2D eigenvalue weighted by atomic mass is 9.98. The molecule has 0 aliphatic heterocycles.